The second kappa shape index (κ2) is 10.5. The third kappa shape index (κ3) is 4.58. The average molecular weight is 589 g/mol. The van der Waals surface area contributed by atoms with Crippen molar-refractivity contribution in [1.29, 1.82) is 5.26 Å². The molecule has 0 radical (unpaired) electrons. The minimum atomic E-state index is -0.246. The summed E-state index contributed by atoms with van der Waals surface area (Å²) in [5, 5.41) is 13.4. The molecule has 3 aromatic rings. The second-order valence-corrected chi connectivity index (χ2v) is 13.9. The van der Waals surface area contributed by atoms with Crippen molar-refractivity contribution in [2.45, 2.75) is 57.5 Å². The average Bonchev–Trinajstić information content (AvgIpc) is 3.01. The van der Waals surface area contributed by atoms with Crippen molar-refractivity contribution in [3.63, 3.8) is 0 Å². The van der Waals surface area contributed by atoms with Crippen LogP contribution >= 0.6 is 0 Å². The van der Waals surface area contributed by atoms with Gasteiger partial charge in [-0.25, -0.2) is 9.78 Å². The Morgan fingerprint density at radius 3 is 2.30 bits per heavy atom. The van der Waals surface area contributed by atoms with Crippen LogP contribution in [0, 0.1) is 36.0 Å². The van der Waals surface area contributed by atoms with Crippen molar-refractivity contribution in [2.24, 2.45) is 17.8 Å². The number of amides is 2. The van der Waals surface area contributed by atoms with Gasteiger partial charge in [-0.2, -0.15) is 10.2 Å². The van der Waals surface area contributed by atoms with E-state index in [-0.39, 0.29) is 11.6 Å². The first-order chi connectivity index (χ1) is 21.4. The van der Waals surface area contributed by atoms with Crippen molar-refractivity contribution in [1.82, 2.24) is 14.9 Å². The van der Waals surface area contributed by atoms with Gasteiger partial charge in [-0.15, -0.1) is 0 Å². The summed E-state index contributed by atoms with van der Waals surface area (Å²) in [6, 6.07) is 16.4. The highest BCUT2D eigenvalue weighted by atomic mass is 16.2. The van der Waals surface area contributed by atoms with E-state index in [9.17, 15) is 10.1 Å². The third-order valence-electron chi connectivity index (χ3n) is 10.9. The van der Waals surface area contributed by atoms with Crippen LogP contribution in [0.3, 0.4) is 0 Å². The molecule has 0 atom stereocenters. The number of anilines is 5. The summed E-state index contributed by atoms with van der Waals surface area (Å²) in [5.41, 5.74) is 4.96. The minimum Gasteiger partial charge on any atom is -0.369 e. The lowest BCUT2D eigenvalue weighted by molar-refractivity contribution is -0.000908. The van der Waals surface area contributed by atoms with Crippen molar-refractivity contribution >= 4 is 34.9 Å². The number of nitrogens with one attached hydrogen (secondary N) is 1. The maximum absolute atomic E-state index is 14.8. The zero-order valence-electron chi connectivity index (χ0n) is 25.7. The second-order valence-electron chi connectivity index (χ2n) is 13.9. The molecule has 6 aliphatic rings. The molecule has 4 bridgehead atoms. The maximum atomic E-state index is 14.8. The lowest BCUT2D eigenvalue weighted by atomic mass is 9.52. The van der Waals surface area contributed by atoms with Crippen molar-refractivity contribution in [3.8, 4) is 6.07 Å². The van der Waals surface area contributed by atoms with Crippen LogP contribution in [0.25, 0.3) is 0 Å². The Morgan fingerprint density at radius 2 is 1.64 bits per heavy atom. The Hall–Kier alpha value is -4.16. The zero-order valence-corrected chi connectivity index (χ0v) is 25.7. The van der Waals surface area contributed by atoms with E-state index >= 15 is 0 Å². The summed E-state index contributed by atoms with van der Waals surface area (Å²) in [6.07, 6.45) is 8.81. The minimum absolute atomic E-state index is 0.0635. The number of rotatable bonds is 5. The van der Waals surface area contributed by atoms with Gasteiger partial charge < -0.3 is 15.1 Å². The monoisotopic (exact) mass is 588 g/mol. The SMILES string of the molecule is Cc1cccc(C#N)c1N1Cc2cnc(Nc3ccc(N4CCN(C)CC4)cc3)nc2N(C23CC4CC(CC(C4)C2)C3)C1=O. The lowest BCUT2D eigenvalue weighted by Gasteiger charge is -2.61. The molecule has 5 fully saturated rings. The molecule has 1 N–H and O–H groups in total. The molecule has 9 heteroatoms. The molecule has 226 valence electrons. The number of fused-ring (bicyclic) bond motifs is 1. The van der Waals surface area contributed by atoms with Crippen LogP contribution < -0.4 is 20.0 Å². The molecule has 9 nitrogen and oxygen atoms in total. The Bertz CT molecular complexity index is 1600. The number of aromatic nitrogens is 2. The van der Waals surface area contributed by atoms with E-state index in [1.165, 1.54) is 24.9 Å². The molecule has 2 aromatic carbocycles. The standard InChI is InChI=1S/C35H40N8O/c1-23-4-3-5-27(20-36)31(23)42-22-28-21-37-33(38-29-6-8-30(9-7-29)41-12-10-40(2)11-13-41)39-32(28)43(34(42)44)35-17-24-14-25(18-35)16-26(15-24)19-35/h3-9,21,24-26H,10-19,22H2,1-2H3,(H,37,38,39). The summed E-state index contributed by atoms with van der Waals surface area (Å²) in [4.78, 5) is 33.2. The number of urea groups is 1. The number of hydrogen-bond acceptors (Lipinski definition) is 7. The molecule has 2 amide bonds. The number of likely N-dealkylation sites (N-methyl/N-ethyl adjacent to an activating group) is 1. The van der Waals surface area contributed by atoms with Crippen LogP contribution in [0.5, 0.6) is 0 Å². The van der Waals surface area contributed by atoms with E-state index in [0.717, 1.165) is 68.1 Å². The first-order valence-electron chi connectivity index (χ1n) is 16.2. The number of carbonyl (C=O) groups excluding carboxylic acids is 1. The van der Waals surface area contributed by atoms with E-state index in [4.69, 9.17) is 9.97 Å². The maximum Gasteiger partial charge on any atom is 0.331 e. The summed E-state index contributed by atoms with van der Waals surface area (Å²) in [6.45, 7) is 6.52. The molecule has 4 saturated carbocycles. The van der Waals surface area contributed by atoms with E-state index in [1.54, 1.807) is 6.07 Å². The molecule has 1 aromatic heterocycles. The van der Waals surface area contributed by atoms with Gasteiger partial charge in [0.1, 0.15) is 11.9 Å². The molecule has 9 rings (SSSR count). The van der Waals surface area contributed by atoms with E-state index < -0.39 is 0 Å². The van der Waals surface area contributed by atoms with Gasteiger partial charge in [-0.1, -0.05) is 12.1 Å². The van der Waals surface area contributed by atoms with E-state index in [0.29, 0.717) is 41.5 Å². The Labute approximate surface area is 259 Å². The largest absolute Gasteiger partial charge is 0.369 e. The number of benzene rings is 2. The Kier molecular flexibility index (Phi) is 6.53. The predicted octanol–water partition coefficient (Wildman–Crippen LogP) is 6.07. The molecule has 44 heavy (non-hydrogen) atoms. The summed E-state index contributed by atoms with van der Waals surface area (Å²) < 4.78 is 0. The summed E-state index contributed by atoms with van der Waals surface area (Å²) >= 11 is 0. The van der Waals surface area contributed by atoms with Crippen LogP contribution in [-0.4, -0.2) is 59.7 Å². The first kappa shape index (κ1) is 27.4. The molecular formula is C35H40N8O. The zero-order chi connectivity index (χ0) is 30.0. The number of carbonyl (C=O) groups is 1. The number of nitriles is 1. The molecule has 0 spiro atoms. The van der Waals surface area contributed by atoms with Gasteiger partial charge in [0, 0.05) is 49.3 Å². The Morgan fingerprint density at radius 1 is 0.955 bits per heavy atom. The van der Waals surface area contributed by atoms with Crippen molar-refractivity contribution < 1.29 is 4.79 Å². The van der Waals surface area contributed by atoms with Gasteiger partial charge >= 0.3 is 6.03 Å². The number of hydrogen-bond donors (Lipinski definition) is 1. The molecule has 1 saturated heterocycles. The third-order valence-corrected chi connectivity index (χ3v) is 10.9. The molecular weight excluding hydrogens is 548 g/mol. The fourth-order valence-corrected chi connectivity index (χ4v) is 9.21. The molecule has 4 aliphatic carbocycles. The highest BCUT2D eigenvalue weighted by molar-refractivity contribution is 6.07. The highest BCUT2D eigenvalue weighted by Gasteiger charge is 2.57. The molecule has 3 heterocycles. The Balaban J connectivity index is 1.15. The first-order valence-corrected chi connectivity index (χ1v) is 16.2. The van der Waals surface area contributed by atoms with Gasteiger partial charge in [-0.3, -0.25) is 9.80 Å². The number of piperazine rings is 1. The highest BCUT2D eigenvalue weighted by Crippen LogP contribution is 2.59. The van der Waals surface area contributed by atoms with Gasteiger partial charge in [0.2, 0.25) is 5.95 Å². The normalized spacial score (nSPS) is 27.8. The number of para-hydroxylation sites is 1. The lowest BCUT2D eigenvalue weighted by Crippen LogP contribution is -2.65. The topological polar surface area (TPSA) is 91.6 Å². The molecule has 2 aliphatic heterocycles. The van der Waals surface area contributed by atoms with Gasteiger partial charge in [0.25, 0.3) is 0 Å². The van der Waals surface area contributed by atoms with Crippen LogP contribution in [0.1, 0.15) is 55.2 Å². The smallest absolute Gasteiger partial charge is 0.331 e. The van der Waals surface area contributed by atoms with E-state index in [1.807, 2.05) is 35.1 Å². The number of aryl methyl sites for hydroxylation is 1. The quantitative estimate of drug-likeness (QED) is 0.387. The summed E-state index contributed by atoms with van der Waals surface area (Å²) in [5.74, 6) is 3.23. The fraction of sp³-hybridized carbons (Fsp3) is 0.486. The predicted molar refractivity (Wildman–Crippen MR) is 172 cm³/mol. The van der Waals surface area contributed by atoms with E-state index in [2.05, 4.69) is 52.5 Å². The number of nitrogens with zero attached hydrogens (tertiary/aromatic N) is 7. The van der Waals surface area contributed by atoms with Gasteiger partial charge in [0.05, 0.1) is 23.3 Å². The van der Waals surface area contributed by atoms with Gasteiger partial charge in [0.15, 0.2) is 0 Å². The van der Waals surface area contributed by atoms with Crippen molar-refractivity contribution in [3.05, 3.63) is 65.4 Å². The van der Waals surface area contributed by atoms with Crippen LogP contribution in [0.15, 0.2) is 48.7 Å². The van der Waals surface area contributed by atoms with Gasteiger partial charge in [-0.05, 0) is 106 Å². The van der Waals surface area contributed by atoms with Crippen LogP contribution in [0.2, 0.25) is 0 Å². The fourth-order valence-electron chi connectivity index (χ4n) is 9.21. The summed E-state index contributed by atoms with van der Waals surface area (Å²) in [7, 11) is 2.17. The van der Waals surface area contributed by atoms with Crippen LogP contribution in [-0.2, 0) is 6.54 Å². The van der Waals surface area contributed by atoms with Crippen LogP contribution in [0.4, 0.5) is 33.6 Å². The van der Waals surface area contributed by atoms with Crippen molar-refractivity contribution in [2.75, 3.05) is 53.2 Å². The molecule has 0 unspecified atom stereocenters.